The van der Waals surface area contributed by atoms with Crippen LogP contribution in [0.25, 0.3) is 0 Å². The fraction of sp³-hybridized carbons (Fsp3) is 0.519. The van der Waals surface area contributed by atoms with Crippen LogP contribution in [0.1, 0.15) is 54.9 Å². The molecule has 0 aliphatic rings. The Balaban J connectivity index is 2.57. The summed E-state index contributed by atoms with van der Waals surface area (Å²) in [4.78, 5) is 11.7. The third kappa shape index (κ3) is 5.68. The average molecular weight is 471 g/mol. The van der Waals surface area contributed by atoms with E-state index in [1.165, 1.54) is 10.4 Å². The smallest absolute Gasteiger partial charge is 0.261 e. The lowest BCUT2D eigenvalue weighted by Crippen LogP contribution is -2.68. The Bertz CT molecular complexity index is 781. The van der Waals surface area contributed by atoms with E-state index in [-0.39, 0.29) is 5.04 Å². The quantitative estimate of drug-likeness (QED) is 0.285. The minimum absolute atomic E-state index is 0.105. The van der Waals surface area contributed by atoms with Crippen molar-refractivity contribution < 1.29 is 13.6 Å². The molecule has 1 atom stereocenters. The third-order valence-electron chi connectivity index (χ3n) is 6.92. The zero-order chi connectivity index (χ0) is 23.9. The normalized spacial score (nSPS) is 14.7. The molecule has 0 saturated heterocycles. The van der Waals surface area contributed by atoms with Crippen molar-refractivity contribution in [3.05, 3.63) is 60.7 Å². The van der Waals surface area contributed by atoms with Crippen LogP contribution in [-0.2, 0) is 13.6 Å². The van der Waals surface area contributed by atoms with Gasteiger partial charge in [-0.15, -0.1) is 0 Å². The van der Waals surface area contributed by atoms with Gasteiger partial charge in [0.2, 0.25) is 0 Å². The molecule has 0 aliphatic heterocycles. The van der Waals surface area contributed by atoms with Gasteiger partial charge in [-0.2, -0.15) is 0 Å². The SMILES string of the molecule is CC[Si](CC)(CC)O[C@@](C)(CC=O)CO[Si](c1ccccc1)(c1ccccc1)C(C)(C)C. The van der Waals surface area contributed by atoms with Crippen LogP contribution < -0.4 is 10.4 Å². The summed E-state index contributed by atoms with van der Waals surface area (Å²) in [7, 11) is -4.59. The Kier molecular flexibility index (Phi) is 9.23. The highest BCUT2D eigenvalue weighted by molar-refractivity contribution is 6.99. The van der Waals surface area contributed by atoms with Gasteiger partial charge >= 0.3 is 0 Å². The highest BCUT2D eigenvalue weighted by atomic mass is 28.4. The van der Waals surface area contributed by atoms with E-state index in [0.29, 0.717) is 13.0 Å². The molecule has 2 aromatic carbocycles. The summed E-state index contributed by atoms with van der Waals surface area (Å²) in [6, 6.07) is 24.4. The molecule has 0 aliphatic carbocycles. The third-order valence-corrected chi connectivity index (χ3v) is 16.7. The molecule has 0 fully saturated rings. The first-order chi connectivity index (χ1) is 15.1. The second-order valence-electron chi connectivity index (χ2n) is 10.1. The average Bonchev–Trinajstić information content (AvgIpc) is 2.79. The second kappa shape index (κ2) is 11.1. The maximum atomic E-state index is 11.7. The van der Waals surface area contributed by atoms with Gasteiger partial charge in [0.1, 0.15) is 6.29 Å². The molecule has 32 heavy (non-hydrogen) atoms. The van der Waals surface area contributed by atoms with Gasteiger partial charge in [0.15, 0.2) is 8.32 Å². The van der Waals surface area contributed by atoms with Gasteiger partial charge < -0.3 is 13.6 Å². The van der Waals surface area contributed by atoms with Crippen molar-refractivity contribution in [2.45, 2.75) is 83.7 Å². The number of hydrogen-bond acceptors (Lipinski definition) is 3. The van der Waals surface area contributed by atoms with Gasteiger partial charge in [-0.1, -0.05) is 102 Å². The van der Waals surface area contributed by atoms with E-state index in [1.807, 2.05) is 0 Å². The molecule has 0 heterocycles. The number of carbonyl (C=O) groups excluding carboxylic acids is 1. The Labute approximate surface area is 197 Å². The molecule has 0 unspecified atom stereocenters. The molecule has 0 radical (unpaired) electrons. The summed E-state index contributed by atoms with van der Waals surface area (Å²) in [5.74, 6) is 0. The molecule has 176 valence electrons. The van der Waals surface area contributed by atoms with Crippen LogP contribution in [0.5, 0.6) is 0 Å². The maximum Gasteiger partial charge on any atom is 0.261 e. The van der Waals surface area contributed by atoms with Crippen LogP contribution in [0.15, 0.2) is 60.7 Å². The summed E-state index contributed by atoms with van der Waals surface area (Å²) in [6.45, 7) is 16.0. The molecule has 0 N–H and O–H groups in total. The molecule has 0 amide bonds. The van der Waals surface area contributed by atoms with Crippen LogP contribution in [0.2, 0.25) is 23.2 Å². The summed E-state index contributed by atoms with van der Waals surface area (Å²) < 4.78 is 14.0. The predicted octanol–water partition coefficient (Wildman–Crippen LogP) is 5.93. The van der Waals surface area contributed by atoms with Crippen LogP contribution in [0.3, 0.4) is 0 Å². The standard InChI is InChI=1S/C27H42O3Si2/c1-8-31(9-2,10-3)30-27(7,21-22-28)23-29-32(26(4,5)6,24-17-13-11-14-18-24)25-19-15-12-16-20-25/h11-20,22H,8-10,21,23H2,1-7H3/t27-/m0/s1. The molecule has 5 heteroatoms. The largest absolute Gasteiger partial charge is 0.409 e. The van der Waals surface area contributed by atoms with E-state index in [0.717, 1.165) is 24.4 Å². The Morgan fingerprint density at radius 1 is 0.781 bits per heavy atom. The fourth-order valence-electron chi connectivity index (χ4n) is 4.82. The zero-order valence-corrected chi connectivity index (χ0v) is 23.1. The van der Waals surface area contributed by atoms with E-state index in [1.54, 1.807) is 0 Å². The van der Waals surface area contributed by atoms with E-state index < -0.39 is 22.2 Å². The molecule has 0 saturated carbocycles. The lowest BCUT2D eigenvalue weighted by Gasteiger charge is -2.46. The molecule has 0 spiro atoms. The summed E-state index contributed by atoms with van der Waals surface area (Å²) in [5.41, 5.74) is -0.622. The first kappa shape index (κ1) is 26.7. The molecule has 2 aromatic rings. The summed E-state index contributed by atoms with van der Waals surface area (Å²) in [5, 5.41) is 2.39. The van der Waals surface area contributed by atoms with Crippen LogP contribution in [0.4, 0.5) is 0 Å². The molecule has 2 rings (SSSR count). The van der Waals surface area contributed by atoms with Crippen molar-refractivity contribution in [1.29, 1.82) is 0 Å². The van der Waals surface area contributed by atoms with Gasteiger partial charge in [-0.25, -0.2) is 0 Å². The van der Waals surface area contributed by atoms with Crippen LogP contribution in [-0.4, -0.2) is 35.1 Å². The van der Waals surface area contributed by atoms with Crippen molar-refractivity contribution in [2.24, 2.45) is 0 Å². The van der Waals surface area contributed by atoms with E-state index in [4.69, 9.17) is 8.85 Å². The first-order valence-corrected chi connectivity index (χ1v) is 16.4. The molecule has 0 bridgehead atoms. The lowest BCUT2D eigenvalue weighted by molar-refractivity contribution is -0.112. The number of hydrogen-bond donors (Lipinski definition) is 0. The van der Waals surface area contributed by atoms with Gasteiger partial charge in [0.05, 0.1) is 12.2 Å². The van der Waals surface area contributed by atoms with Gasteiger partial charge in [0.25, 0.3) is 8.32 Å². The van der Waals surface area contributed by atoms with Crippen molar-refractivity contribution in [3.8, 4) is 0 Å². The highest BCUT2D eigenvalue weighted by Crippen LogP contribution is 2.38. The zero-order valence-electron chi connectivity index (χ0n) is 21.1. The number of benzene rings is 2. The van der Waals surface area contributed by atoms with Gasteiger partial charge in [-0.05, 0) is 40.5 Å². The van der Waals surface area contributed by atoms with Crippen molar-refractivity contribution in [2.75, 3.05) is 6.61 Å². The lowest BCUT2D eigenvalue weighted by atomic mass is 10.1. The number of aldehydes is 1. The Hall–Kier alpha value is -1.54. The van der Waals surface area contributed by atoms with E-state index >= 15 is 0 Å². The highest BCUT2D eigenvalue weighted by Gasteiger charge is 2.51. The van der Waals surface area contributed by atoms with E-state index in [2.05, 4.69) is 109 Å². The molecule has 3 nitrogen and oxygen atoms in total. The Morgan fingerprint density at radius 2 is 1.22 bits per heavy atom. The number of carbonyl (C=O) groups is 1. The predicted molar refractivity (Wildman–Crippen MR) is 141 cm³/mol. The molecular weight excluding hydrogens is 428 g/mol. The topological polar surface area (TPSA) is 35.5 Å². The molecular formula is C27H42O3Si2. The first-order valence-electron chi connectivity index (χ1n) is 12.0. The Morgan fingerprint density at radius 3 is 1.56 bits per heavy atom. The summed E-state index contributed by atoms with van der Waals surface area (Å²) in [6.07, 6.45) is 1.34. The maximum absolute atomic E-state index is 11.7. The fourth-order valence-corrected chi connectivity index (χ4v) is 12.6. The number of rotatable bonds is 12. The van der Waals surface area contributed by atoms with Crippen molar-refractivity contribution in [3.63, 3.8) is 0 Å². The van der Waals surface area contributed by atoms with Gasteiger partial charge in [-0.3, -0.25) is 0 Å². The summed E-state index contributed by atoms with van der Waals surface area (Å²) >= 11 is 0. The van der Waals surface area contributed by atoms with E-state index in [9.17, 15) is 4.79 Å². The monoisotopic (exact) mass is 470 g/mol. The van der Waals surface area contributed by atoms with Crippen molar-refractivity contribution >= 4 is 33.3 Å². The van der Waals surface area contributed by atoms with Crippen LogP contribution in [0, 0.1) is 0 Å². The minimum atomic E-state index is -2.67. The molecule has 0 aromatic heterocycles. The second-order valence-corrected chi connectivity index (χ2v) is 19.1. The van der Waals surface area contributed by atoms with Crippen molar-refractivity contribution in [1.82, 2.24) is 0 Å². The van der Waals surface area contributed by atoms with Gasteiger partial charge in [0, 0.05) is 6.42 Å². The minimum Gasteiger partial charge on any atom is -0.409 e. The van der Waals surface area contributed by atoms with Crippen LogP contribution >= 0.6 is 0 Å².